The Balaban J connectivity index is 2.35. The van der Waals surface area contributed by atoms with Crippen molar-refractivity contribution in [3.8, 4) is 0 Å². The van der Waals surface area contributed by atoms with Crippen molar-refractivity contribution in [2.75, 3.05) is 0 Å². The molecular weight excluding hydrogens is 157 g/mol. The van der Waals surface area contributed by atoms with Crippen molar-refractivity contribution in [2.45, 2.75) is 38.8 Å². The van der Waals surface area contributed by atoms with Gasteiger partial charge in [-0.2, -0.15) is 0 Å². The molecule has 2 heteroatoms. The van der Waals surface area contributed by atoms with Gasteiger partial charge in [0.15, 0.2) is 0 Å². The fraction of sp³-hybridized carbons (Fsp3) is 0.545. The molecule has 0 saturated carbocycles. The lowest BCUT2D eigenvalue weighted by molar-refractivity contribution is 0.841. The zero-order valence-corrected chi connectivity index (χ0v) is 8.51. The summed E-state index contributed by atoms with van der Waals surface area (Å²) in [6, 6.07) is 2.35. The molecule has 0 saturated heterocycles. The second-order valence-corrected chi connectivity index (χ2v) is 4.24. The number of aromatic nitrogens is 1. The molecule has 68 valence electrons. The second kappa shape index (κ2) is 3.53. The van der Waals surface area contributed by atoms with Crippen molar-refractivity contribution >= 4 is 7.28 Å². The van der Waals surface area contributed by atoms with Crippen molar-refractivity contribution in [1.29, 1.82) is 0 Å². The lowest BCUT2D eigenvalue weighted by Crippen LogP contribution is -2.11. The molecule has 2 rings (SSSR count). The largest absolute Gasteiger partial charge is 0.261 e. The molecule has 13 heavy (non-hydrogen) atoms. The Labute approximate surface area is 80.8 Å². The molecule has 1 aliphatic heterocycles. The Morgan fingerprint density at radius 1 is 1.46 bits per heavy atom. The molecule has 0 aliphatic carbocycles. The van der Waals surface area contributed by atoms with E-state index in [1.54, 1.807) is 0 Å². The molecule has 0 bridgehead atoms. The average Bonchev–Trinajstić information content (AvgIpc) is 2.17. The summed E-state index contributed by atoms with van der Waals surface area (Å²) in [5, 5.41) is 0. The van der Waals surface area contributed by atoms with Gasteiger partial charge in [-0.05, 0) is 29.8 Å². The van der Waals surface area contributed by atoms with Gasteiger partial charge in [0.05, 0.1) is 0 Å². The van der Waals surface area contributed by atoms with E-state index in [0.717, 1.165) is 0 Å². The van der Waals surface area contributed by atoms with Gasteiger partial charge in [0.2, 0.25) is 0 Å². The van der Waals surface area contributed by atoms with Gasteiger partial charge in [0.1, 0.15) is 7.28 Å². The highest BCUT2D eigenvalue weighted by molar-refractivity contribution is 6.35. The maximum atomic E-state index is 4.54. The van der Waals surface area contributed by atoms with Crippen LogP contribution in [-0.2, 0) is 12.7 Å². The van der Waals surface area contributed by atoms with Crippen LogP contribution in [0.2, 0.25) is 6.32 Å². The maximum Gasteiger partial charge on any atom is 0.128 e. The summed E-state index contributed by atoms with van der Waals surface area (Å²) in [4.78, 5) is 4.54. The minimum atomic E-state index is 0.611. The third-order valence-electron chi connectivity index (χ3n) is 2.86. The summed E-state index contributed by atoms with van der Waals surface area (Å²) in [7, 11) is 1.32. The van der Waals surface area contributed by atoms with E-state index >= 15 is 0 Å². The Hall–Kier alpha value is -0.785. The van der Waals surface area contributed by atoms with E-state index in [2.05, 4.69) is 31.1 Å². The highest BCUT2D eigenvalue weighted by Crippen LogP contribution is 2.20. The van der Waals surface area contributed by atoms with E-state index < -0.39 is 0 Å². The van der Waals surface area contributed by atoms with E-state index in [-0.39, 0.29) is 0 Å². The average molecular weight is 173 g/mol. The monoisotopic (exact) mass is 173 g/mol. The molecule has 1 aromatic heterocycles. The van der Waals surface area contributed by atoms with Crippen molar-refractivity contribution < 1.29 is 0 Å². The molecule has 0 aromatic carbocycles. The highest BCUT2D eigenvalue weighted by Gasteiger charge is 2.12. The molecule has 0 unspecified atom stereocenters. The van der Waals surface area contributed by atoms with Gasteiger partial charge in [0, 0.05) is 11.9 Å². The number of hydrogen-bond acceptors (Lipinski definition) is 1. The number of rotatable bonds is 1. The van der Waals surface area contributed by atoms with Gasteiger partial charge in [-0.3, -0.25) is 4.98 Å². The standard InChI is InChI=1S/C11H16BN/c1-8(2)10-5-9-3-4-12-6-11(9)13-7-10/h5,7-8,12H,3-4,6H2,1-2H3. The van der Waals surface area contributed by atoms with E-state index in [0.29, 0.717) is 5.92 Å². The van der Waals surface area contributed by atoms with Gasteiger partial charge in [-0.15, -0.1) is 0 Å². The minimum absolute atomic E-state index is 0.611. The number of fused-ring (bicyclic) bond motifs is 1. The van der Waals surface area contributed by atoms with Crippen molar-refractivity contribution in [2.24, 2.45) is 0 Å². The van der Waals surface area contributed by atoms with E-state index in [4.69, 9.17) is 0 Å². The van der Waals surface area contributed by atoms with E-state index in [1.165, 1.54) is 43.2 Å². The van der Waals surface area contributed by atoms with Crippen LogP contribution < -0.4 is 0 Å². The smallest absolute Gasteiger partial charge is 0.128 e. The summed E-state index contributed by atoms with van der Waals surface area (Å²) in [5.74, 6) is 0.611. The van der Waals surface area contributed by atoms with Gasteiger partial charge in [0.25, 0.3) is 0 Å². The first-order chi connectivity index (χ1) is 6.27. The first-order valence-corrected chi connectivity index (χ1v) is 5.25. The van der Waals surface area contributed by atoms with Gasteiger partial charge < -0.3 is 0 Å². The number of pyridine rings is 1. The molecular formula is C11H16BN. The fourth-order valence-electron chi connectivity index (χ4n) is 1.92. The molecule has 1 nitrogen and oxygen atoms in total. The van der Waals surface area contributed by atoms with Gasteiger partial charge in [-0.1, -0.05) is 26.2 Å². The molecule has 1 aliphatic rings. The van der Waals surface area contributed by atoms with Crippen LogP contribution in [0.3, 0.4) is 0 Å². The summed E-state index contributed by atoms with van der Waals surface area (Å²) in [6.07, 6.45) is 5.82. The third-order valence-corrected chi connectivity index (χ3v) is 2.86. The van der Waals surface area contributed by atoms with Crippen molar-refractivity contribution in [3.63, 3.8) is 0 Å². The topological polar surface area (TPSA) is 12.9 Å². The Morgan fingerprint density at radius 3 is 3.08 bits per heavy atom. The highest BCUT2D eigenvalue weighted by atomic mass is 14.7. The Bertz CT molecular complexity index is 307. The van der Waals surface area contributed by atoms with Gasteiger partial charge in [-0.25, -0.2) is 0 Å². The number of aryl methyl sites for hydroxylation is 1. The normalized spacial score (nSPS) is 15.3. The summed E-state index contributed by atoms with van der Waals surface area (Å²) < 4.78 is 0. The minimum Gasteiger partial charge on any atom is -0.261 e. The zero-order valence-electron chi connectivity index (χ0n) is 8.51. The van der Waals surface area contributed by atoms with Crippen molar-refractivity contribution in [1.82, 2.24) is 4.98 Å². The quantitative estimate of drug-likeness (QED) is 0.592. The Morgan fingerprint density at radius 2 is 2.31 bits per heavy atom. The molecule has 2 heterocycles. The lowest BCUT2D eigenvalue weighted by Gasteiger charge is -2.15. The first-order valence-electron chi connectivity index (χ1n) is 5.25. The molecule has 0 fully saturated rings. The second-order valence-electron chi connectivity index (χ2n) is 4.24. The van der Waals surface area contributed by atoms with E-state index in [1.807, 2.05) is 0 Å². The van der Waals surface area contributed by atoms with Crippen LogP contribution in [0.25, 0.3) is 0 Å². The van der Waals surface area contributed by atoms with Crippen LogP contribution in [0.5, 0.6) is 0 Å². The van der Waals surface area contributed by atoms with Crippen LogP contribution in [0, 0.1) is 0 Å². The van der Waals surface area contributed by atoms with Crippen LogP contribution in [0.4, 0.5) is 0 Å². The molecule has 1 aromatic rings. The summed E-state index contributed by atoms with van der Waals surface area (Å²) >= 11 is 0. The summed E-state index contributed by atoms with van der Waals surface area (Å²) in [5.41, 5.74) is 4.23. The van der Waals surface area contributed by atoms with Crippen LogP contribution in [0.15, 0.2) is 12.3 Å². The van der Waals surface area contributed by atoms with Crippen molar-refractivity contribution in [3.05, 3.63) is 29.1 Å². The zero-order chi connectivity index (χ0) is 9.26. The SMILES string of the molecule is CC(C)c1cnc2c(c1)CCBC2. The molecule has 0 radical (unpaired) electrons. The molecule has 0 N–H and O–H groups in total. The van der Waals surface area contributed by atoms with Crippen LogP contribution in [0.1, 0.15) is 36.6 Å². The molecule has 0 spiro atoms. The van der Waals surface area contributed by atoms with E-state index in [9.17, 15) is 0 Å². The third kappa shape index (κ3) is 1.77. The lowest BCUT2D eigenvalue weighted by atomic mass is 9.63. The molecule has 0 amide bonds. The maximum absolute atomic E-state index is 4.54. The number of hydrogen-bond donors (Lipinski definition) is 0. The molecule has 0 atom stereocenters. The fourth-order valence-corrected chi connectivity index (χ4v) is 1.92. The van der Waals surface area contributed by atoms with Crippen LogP contribution >= 0.6 is 0 Å². The predicted octanol–water partition coefficient (Wildman–Crippen LogP) is 2.12. The Kier molecular flexibility index (Phi) is 2.39. The summed E-state index contributed by atoms with van der Waals surface area (Å²) in [6.45, 7) is 4.46. The van der Waals surface area contributed by atoms with Gasteiger partial charge >= 0.3 is 0 Å². The van der Waals surface area contributed by atoms with Crippen LogP contribution in [-0.4, -0.2) is 12.3 Å². The predicted molar refractivity (Wildman–Crippen MR) is 57.7 cm³/mol. The first kappa shape index (κ1) is 8.80. The number of nitrogens with zero attached hydrogens (tertiary/aromatic N) is 1.